The van der Waals surface area contributed by atoms with E-state index in [4.69, 9.17) is 0 Å². The maximum atomic E-state index is 3.89. The van der Waals surface area contributed by atoms with Crippen LogP contribution in [-0.2, 0) is 0 Å². The molecule has 2 aromatic carbocycles. The third-order valence-corrected chi connectivity index (χ3v) is 3.13. The standard InChI is InChI=1S/C18H16/c1-5-13-11-16(8-4)18-15(7-3)10-9-14(6-2)17(18)12-13/h5-12H,1-4H2. The van der Waals surface area contributed by atoms with Crippen molar-refractivity contribution in [1.29, 1.82) is 0 Å². The molecule has 0 heteroatoms. The van der Waals surface area contributed by atoms with Crippen molar-refractivity contribution in [2.24, 2.45) is 0 Å². The average Bonchev–Trinajstić information content (AvgIpc) is 2.44. The lowest BCUT2D eigenvalue weighted by atomic mass is 9.93. The molecule has 0 unspecified atom stereocenters. The Bertz CT molecular complexity index is 657. The van der Waals surface area contributed by atoms with E-state index in [1.54, 1.807) is 0 Å². The average molecular weight is 232 g/mol. The molecule has 0 amide bonds. The number of benzene rings is 2. The SMILES string of the molecule is C=Cc1cc(C=C)c2c(C=C)ccc(C=C)c2c1. The zero-order valence-corrected chi connectivity index (χ0v) is 10.4. The molecule has 0 fully saturated rings. The Hall–Kier alpha value is -2.34. The van der Waals surface area contributed by atoms with E-state index in [9.17, 15) is 0 Å². The van der Waals surface area contributed by atoms with Gasteiger partial charge in [0, 0.05) is 0 Å². The summed E-state index contributed by atoms with van der Waals surface area (Å²) in [5.41, 5.74) is 4.41. The zero-order chi connectivity index (χ0) is 13.1. The molecular weight excluding hydrogens is 216 g/mol. The van der Waals surface area contributed by atoms with Gasteiger partial charge in [0.2, 0.25) is 0 Å². The Morgan fingerprint density at radius 3 is 1.83 bits per heavy atom. The van der Waals surface area contributed by atoms with E-state index in [0.29, 0.717) is 0 Å². The fraction of sp³-hybridized carbons (Fsp3) is 0. The lowest BCUT2D eigenvalue weighted by molar-refractivity contribution is 1.64. The second kappa shape index (κ2) is 4.89. The van der Waals surface area contributed by atoms with E-state index in [0.717, 1.165) is 27.6 Å². The van der Waals surface area contributed by atoms with Crippen molar-refractivity contribution in [1.82, 2.24) is 0 Å². The van der Waals surface area contributed by atoms with Crippen LogP contribution in [0.25, 0.3) is 35.1 Å². The lowest BCUT2D eigenvalue weighted by Crippen LogP contribution is -1.88. The molecule has 0 bridgehead atoms. The molecule has 0 aliphatic heterocycles. The van der Waals surface area contributed by atoms with Gasteiger partial charge in [-0.25, -0.2) is 0 Å². The molecule has 2 rings (SSSR count). The molecule has 0 heterocycles. The van der Waals surface area contributed by atoms with E-state index in [1.807, 2.05) is 24.3 Å². The molecule has 88 valence electrons. The van der Waals surface area contributed by atoms with Crippen LogP contribution < -0.4 is 0 Å². The van der Waals surface area contributed by atoms with Crippen LogP contribution in [0, 0.1) is 0 Å². The normalized spacial score (nSPS) is 10.0. The smallest absolute Gasteiger partial charge is 0.00328 e. The highest BCUT2D eigenvalue weighted by Gasteiger charge is 2.07. The molecule has 0 saturated carbocycles. The maximum Gasteiger partial charge on any atom is -0.00328 e. The maximum absolute atomic E-state index is 3.89. The molecule has 0 aliphatic rings. The summed E-state index contributed by atoms with van der Waals surface area (Å²) >= 11 is 0. The summed E-state index contributed by atoms with van der Waals surface area (Å²) < 4.78 is 0. The van der Waals surface area contributed by atoms with E-state index < -0.39 is 0 Å². The van der Waals surface area contributed by atoms with Gasteiger partial charge in [0.05, 0.1) is 0 Å². The van der Waals surface area contributed by atoms with E-state index >= 15 is 0 Å². The number of hydrogen-bond acceptors (Lipinski definition) is 0. The van der Waals surface area contributed by atoms with Gasteiger partial charge < -0.3 is 0 Å². The highest BCUT2D eigenvalue weighted by molar-refractivity contribution is 6.02. The van der Waals surface area contributed by atoms with Gasteiger partial charge in [0.1, 0.15) is 0 Å². The van der Waals surface area contributed by atoms with Crippen molar-refractivity contribution in [3.05, 3.63) is 72.8 Å². The Kier molecular flexibility index (Phi) is 3.29. The molecule has 0 N–H and O–H groups in total. The summed E-state index contributed by atoms with van der Waals surface area (Å²) in [6, 6.07) is 8.33. The highest BCUT2D eigenvalue weighted by atomic mass is 14.1. The summed E-state index contributed by atoms with van der Waals surface area (Å²) in [5, 5.41) is 2.33. The first kappa shape index (κ1) is 12.1. The molecular formula is C18H16. The van der Waals surface area contributed by atoms with E-state index in [1.165, 1.54) is 5.39 Å². The minimum absolute atomic E-state index is 1.08. The van der Waals surface area contributed by atoms with E-state index in [2.05, 4.69) is 50.6 Å². The van der Waals surface area contributed by atoms with Crippen LogP contribution >= 0.6 is 0 Å². The Morgan fingerprint density at radius 2 is 1.28 bits per heavy atom. The van der Waals surface area contributed by atoms with Gasteiger partial charge in [0.15, 0.2) is 0 Å². The van der Waals surface area contributed by atoms with Crippen LogP contribution in [0.15, 0.2) is 50.6 Å². The van der Waals surface area contributed by atoms with Crippen LogP contribution in [0.3, 0.4) is 0 Å². The van der Waals surface area contributed by atoms with Crippen molar-refractivity contribution in [2.45, 2.75) is 0 Å². The van der Waals surface area contributed by atoms with Crippen molar-refractivity contribution in [3.63, 3.8) is 0 Å². The van der Waals surface area contributed by atoms with E-state index in [-0.39, 0.29) is 0 Å². The molecule has 0 saturated heterocycles. The van der Waals surface area contributed by atoms with Crippen LogP contribution in [-0.4, -0.2) is 0 Å². The van der Waals surface area contributed by atoms with Crippen molar-refractivity contribution >= 4 is 35.1 Å². The Labute approximate surface area is 108 Å². The molecule has 0 aromatic heterocycles. The van der Waals surface area contributed by atoms with Crippen molar-refractivity contribution in [2.75, 3.05) is 0 Å². The molecule has 0 radical (unpaired) electrons. The number of hydrogen-bond donors (Lipinski definition) is 0. The second-order valence-electron chi connectivity index (χ2n) is 4.09. The topological polar surface area (TPSA) is 0 Å². The molecule has 0 atom stereocenters. The summed E-state index contributed by atoms with van der Waals surface area (Å²) in [4.78, 5) is 0. The van der Waals surface area contributed by atoms with Crippen LogP contribution in [0.5, 0.6) is 0 Å². The first-order chi connectivity index (χ1) is 8.74. The van der Waals surface area contributed by atoms with Gasteiger partial charge >= 0.3 is 0 Å². The van der Waals surface area contributed by atoms with Gasteiger partial charge in [-0.2, -0.15) is 0 Å². The predicted molar refractivity (Wildman–Crippen MR) is 84.3 cm³/mol. The molecule has 2 aromatic rings. The summed E-state index contributed by atoms with van der Waals surface area (Å²) in [5.74, 6) is 0. The largest absolute Gasteiger partial charge is 0.0985 e. The minimum Gasteiger partial charge on any atom is -0.0985 e. The number of fused-ring (bicyclic) bond motifs is 1. The molecule has 0 aliphatic carbocycles. The van der Waals surface area contributed by atoms with Gasteiger partial charge in [-0.1, -0.05) is 62.8 Å². The molecule has 18 heavy (non-hydrogen) atoms. The van der Waals surface area contributed by atoms with Crippen LogP contribution in [0.1, 0.15) is 22.3 Å². The predicted octanol–water partition coefficient (Wildman–Crippen LogP) is 5.41. The zero-order valence-electron chi connectivity index (χ0n) is 10.4. The quantitative estimate of drug-likeness (QED) is 0.661. The van der Waals surface area contributed by atoms with Crippen molar-refractivity contribution < 1.29 is 0 Å². The Balaban J connectivity index is 3.04. The molecule has 0 nitrogen and oxygen atoms in total. The monoisotopic (exact) mass is 232 g/mol. The third kappa shape index (κ3) is 1.82. The summed E-state index contributed by atoms with van der Waals surface area (Å²) in [6.45, 7) is 15.5. The van der Waals surface area contributed by atoms with Crippen LogP contribution in [0.4, 0.5) is 0 Å². The highest BCUT2D eigenvalue weighted by Crippen LogP contribution is 2.30. The summed E-state index contributed by atoms with van der Waals surface area (Å²) in [7, 11) is 0. The van der Waals surface area contributed by atoms with Gasteiger partial charge in [-0.15, -0.1) is 0 Å². The van der Waals surface area contributed by atoms with Crippen molar-refractivity contribution in [3.8, 4) is 0 Å². The van der Waals surface area contributed by atoms with Gasteiger partial charge in [-0.05, 0) is 45.2 Å². The fourth-order valence-corrected chi connectivity index (χ4v) is 2.22. The first-order valence-corrected chi connectivity index (χ1v) is 5.85. The number of rotatable bonds is 4. The second-order valence-corrected chi connectivity index (χ2v) is 4.09. The molecule has 0 spiro atoms. The lowest BCUT2D eigenvalue weighted by Gasteiger charge is -2.11. The Morgan fingerprint density at radius 1 is 0.667 bits per heavy atom. The van der Waals surface area contributed by atoms with Gasteiger partial charge in [0.25, 0.3) is 0 Å². The third-order valence-electron chi connectivity index (χ3n) is 3.13. The van der Waals surface area contributed by atoms with Gasteiger partial charge in [-0.3, -0.25) is 0 Å². The summed E-state index contributed by atoms with van der Waals surface area (Å²) in [6.07, 6.45) is 7.46. The fourth-order valence-electron chi connectivity index (χ4n) is 2.22. The van der Waals surface area contributed by atoms with Crippen LogP contribution in [0.2, 0.25) is 0 Å². The first-order valence-electron chi connectivity index (χ1n) is 5.85. The minimum atomic E-state index is 1.08.